The van der Waals surface area contributed by atoms with Gasteiger partial charge in [-0.15, -0.1) is 0 Å². The molecule has 0 spiro atoms. The maximum Gasteiger partial charge on any atom is 0.138 e. The Hall–Kier alpha value is -2.24. The molecule has 1 N–H and O–H groups in total. The molecule has 1 aromatic heterocycles. The second-order valence-corrected chi connectivity index (χ2v) is 8.69. The predicted molar refractivity (Wildman–Crippen MR) is 110 cm³/mol. The van der Waals surface area contributed by atoms with E-state index in [9.17, 15) is 4.21 Å². The standard InChI is InChI=1S/C22H24N2O2S/c1-3-16-4-7-21(15(2)12-16)26-22-9-11-24-20-6-5-17(13-19(20)22)27(25)18-8-10-23-14-18/h4-7,9,11-13,18,23H,3,8,10,14H2,1-2H3. The van der Waals surface area contributed by atoms with Gasteiger partial charge in [0.1, 0.15) is 11.5 Å². The largest absolute Gasteiger partial charge is 0.456 e. The maximum absolute atomic E-state index is 12.9. The molecule has 1 saturated heterocycles. The number of hydrogen-bond acceptors (Lipinski definition) is 4. The Morgan fingerprint density at radius 1 is 1.19 bits per heavy atom. The molecule has 0 bridgehead atoms. The molecule has 140 valence electrons. The monoisotopic (exact) mass is 380 g/mol. The van der Waals surface area contributed by atoms with E-state index in [1.165, 1.54) is 5.56 Å². The van der Waals surface area contributed by atoms with Crippen LogP contribution in [0, 0.1) is 6.92 Å². The highest BCUT2D eigenvalue weighted by atomic mass is 32.2. The molecule has 5 heteroatoms. The van der Waals surface area contributed by atoms with Crippen molar-refractivity contribution in [1.29, 1.82) is 0 Å². The fraction of sp³-hybridized carbons (Fsp3) is 0.318. The summed E-state index contributed by atoms with van der Waals surface area (Å²) in [4.78, 5) is 5.28. The van der Waals surface area contributed by atoms with E-state index in [-0.39, 0.29) is 5.25 Å². The lowest BCUT2D eigenvalue weighted by Gasteiger charge is -2.13. The van der Waals surface area contributed by atoms with Crippen molar-refractivity contribution in [1.82, 2.24) is 10.3 Å². The SMILES string of the molecule is CCc1ccc(Oc2ccnc3ccc(S(=O)C4CCNC4)cc23)c(C)c1. The fourth-order valence-electron chi connectivity index (χ4n) is 3.48. The number of benzene rings is 2. The second-order valence-electron chi connectivity index (χ2n) is 6.96. The summed E-state index contributed by atoms with van der Waals surface area (Å²) in [6, 6.07) is 14.0. The molecule has 4 nitrogen and oxygen atoms in total. The van der Waals surface area contributed by atoms with Gasteiger partial charge in [0.2, 0.25) is 0 Å². The van der Waals surface area contributed by atoms with Crippen molar-refractivity contribution in [3.63, 3.8) is 0 Å². The molecule has 0 radical (unpaired) electrons. The van der Waals surface area contributed by atoms with E-state index in [0.717, 1.165) is 58.8 Å². The molecule has 3 aromatic rings. The van der Waals surface area contributed by atoms with Crippen LogP contribution in [0.3, 0.4) is 0 Å². The van der Waals surface area contributed by atoms with Gasteiger partial charge in [0.05, 0.1) is 21.6 Å². The summed E-state index contributed by atoms with van der Waals surface area (Å²) in [5.41, 5.74) is 3.25. The van der Waals surface area contributed by atoms with Crippen LogP contribution in [0.25, 0.3) is 10.9 Å². The molecule has 2 aromatic carbocycles. The zero-order valence-corrected chi connectivity index (χ0v) is 16.5. The number of hydrogen-bond donors (Lipinski definition) is 1. The maximum atomic E-state index is 12.9. The number of pyridine rings is 1. The smallest absolute Gasteiger partial charge is 0.138 e. The van der Waals surface area contributed by atoms with E-state index in [4.69, 9.17) is 4.74 Å². The molecule has 1 fully saturated rings. The highest BCUT2D eigenvalue weighted by Crippen LogP contribution is 2.32. The summed E-state index contributed by atoms with van der Waals surface area (Å²) >= 11 is 0. The highest BCUT2D eigenvalue weighted by Gasteiger charge is 2.22. The summed E-state index contributed by atoms with van der Waals surface area (Å²) in [6.45, 7) is 5.95. The Morgan fingerprint density at radius 3 is 2.81 bits per heavy atom. The topological polar surface area (TPSA) is 51.2 Å². The van der Waals surface area contributed by atoms with E-state index < -0.39 is 10.8 Å². The molecule has 2 unspecified atom stereocenters. The molecule has 0 amide bonds. The number of aromatic nitrogens is 1. The van der Waals surface area contributed by atoms with Crippen LogP contribution in [-0.4, -0.2) is 27.5 Å². The zero-order chi connectivity index (χ0) is 18.8. The second kappa shape index (κ2) is 7.79. The van der Waals surface area contributed by atoms with Crippen LogP contribution in [0.15, 0.2) is 53.6 Å². The number of ether oxygens (including phenoxy) is 1. The Labute approximate surface area is 162 Å². The summed E-state index contributed by atoms with van der Waals surface area (Å²) in [6.07, 6.45) is 3.71. The third-order valence-electron chi connectivity index (χ3n) is 5.09. The lowest BCUT2D eigenvalue weighted by molar-refractivity contribution is 0.483. The van der Waals surface area contributed by atoms with Crippen molar-refractivity contribution in [2.45, 2.75) is 36.8 Å². The number of nitrogens with zero attached hydrogens (tertiary/aromatic N) is 1. The van der Waals surface area contributed by atoms with Gasteiger partial charge in [-0.1, -0.05) is 19.1 Å². The van der Waals surface area contributed by atoms with Crippen molar-refractivity contribution >= 4 is 21.7 Å². The van der Waals surface area contributed by atoms with Crippen LogP contribution >= 0.6 is 0 Å². The van der Waals surface area contributed by atoms with Crippen molar-refractivity contribution in [2.24, 2.45) is 0 Å². The molecule has 2 atom stereocenters. The predicted octanol–water partition coefficient (Wildman–Crippen LogP) is 4.37. The fourth-order valence-corrected chi connectivity index (χ4v) is 4.90. The third-order valence-corrected chi connectivity index (χ3v) is 6.82. The van der Waals surface area contributed by atoms with E-state index >= 15 is 0 Å². The summed E-state index contributed by atoms with van der Waals surface area (Å²) < 4.78 is 19.1. The van der Waals surface area contributed by atoms with Gasteiger partial charge in [-0.05, 0) is 67.8 Å². The van der Waals surface area contributed by atoms with E-state index in [1.54, 1.807) is 6.20 Å². The molecule has 0 saturated carbocycles. The molecule has 2 heterocycles. The van der Waals surface area contributed by atoms with Crippen LogP contribution < -0.4 is 10.1 Å². The average Bonchev–Trinajstić information content (AvgIpc) is 3.23. The first-order valence-electron chi connectivity index (χ1n) is 9.43. The van der Waals surface area contributed by atoms with Crippen LogP contribution in [-0.2, 0) is 17.2 Å². The van der Waals surface area contributed by atoms with Gasteiger partial charge < -0.3 is 10.1 Å². The quantitative estimate of drug-likeness (QED) is 0.714. The van der Waals surface area contributed by atoms with Gasteiger partial charge >= 0.3 is 0 Å². The summed E-state index contributed by atoms with van der Waals surface area (Å²) in [7, 11) is -1.02. The Bertz CT molecular complexity index is 997. The third kappa shape index (κ3) is 3.75. The van der Waals surface area contributed by atoms with Crippen molar-refractivity contribution in [3.8, 4) is 11.5 Å². The normalized spacial score (nSPS) is 17.9. The lowest BCUT2D eigenvalue weighted by atomic mass is 10.1. The van der Waals surface area contributed by atoms with Gasteiger partial charge in [-0.2, -0.15) is 0 Å². The van der Waals surface area contributed by atoms with Gasteiger partial charge in [0, 0.05) is 23.0 Å². The number of rotatable bonds is 5. The van der Waals surface area contributed by atoms with E-state index in [2.05, 4.69) is 36.3 Å². The zero-order valence-electron chi connectivity index (χ0n) is 15.7. The molecule has 27 heavy (non-hydrogen) atoms. The minimum absolute atomic E-state index is 0.173. The van der Waals surface area contributed by atoms with Crippen molar-refractivity contribution in [2.75, 3.05) is 13.1 Å². The van der Waals surface area contributed by atoms with Crippen molar-refractivity contribution < 1.29 is 8.95 Å². The minimum atomic E-state index is -1.02. The lowest BCUT2D eigenvalue weighted by Crippen LogP contribution is -2.18. The average molecular weight is 381 g/mol. The van der Waals surface area contributed by atoms with Crippen LogP contribution in [0.5, 0.6) is 11.5 Å². The number of aryl methyl sites for hydroxylation is 2. The van der Waals surface area contributed by atoms with Crippen molar-refractivity contribution in [3.05, 3.63) is 59.8 Å². The van der Waals surface area contributed by atoms with E-state index in [0.29, 0.717) is 0 Å². The number of nitrogens with one attached hydrogen (secondary N) is 1. The van der Waals surface area contributed by atoms with Crippen LogP contribution in [0.1, 0.15) is 24.5 Å². The van der Waals surface area contributed by atoms with Gasteiger partial charge in [0.15, 0.2) is 0 Å². The molecule has 1 aliphatic rings. The molecular formula is C22H24N2O2S. The van der Waals surface area contributed by atoms with Gasteiger partial charge in [0.25, 0.3) is 0 Å². The summed E-state index contributed by atoms with van der Waals surface area (Å²) in [5.74, 6) is 1.59. The van der Waals surface area contributed by atoms with Gasteiger partial charge in [-0.25, -0.2) is 0 Å². The number of fused-ring (bicyclic) bond motifs is 1. The van der Waals surface area contributed by atoms with Crippen LogP contribution in [0.4, 0.5) is 0 Å². The first kappa shape index (κ1) is 18.1. The molecule has 0 aliphatic carbocycles. The minimum Gasteiger partial charge on any atom is -0.456 e. The van der Waals surface area contributed by atoms with Gasteiger partial charge in [-0.3, -0.25) is 9.19 Å². The Kier molecular flexibility index (Phi) is 5.23. The molecule has 1 aliphatic heterocycles. The first-order chi connectivity index (χ1) is 13.2. The Balaban J connectivity index is 1.70. The highest BCUT2D eigenvalue weighted by molar-refractivity contribution is 7.85. The first-order valence-corrected chi connectivity index (χ1v) is 10.6. The molecule has 4 rings (SSSR count). The Morgan fingerprint density at radius 2 is 2.07 bits per heavy atom. The van der Waals surface area contributed by atoms with E-state index in [1.807, 2.05) is 30.3 Å². The summed E-state index contributed by atoms with van der Waals surface area (Å²) in [5, 5.41) is 4.36. The van der Waals surface area contributed by atoms with Crippen LogP contribution in [0.2, 0.25) is 0 Å². The molecular weight excluding hydrogens is 356 g/mol.